The minimum absolute atomic E-state index is 0.0766. The topological polar surface area (TPSA) is 35.5 Å². The van der Waals surface area contributed by atoms with Crippen LogP contribution in [0.3, 0.4) is 0 Å². The third-order valence-corrected chi connectivity index (χ3v) is 3.84. The van der Waals surface area contributed by atoms with Gasteiger partial charge < -0.3 is 9.47 Å². The molecule has 0 bridgehead atoms. The van der Waals surface area contributed by atoms with Crippen LogP contribution in [0.2, 0.25) is 0 Å². The van der Waals surface area contributed by atoms with Crippen LogP contribution in [0.5, 0.6) is 11.5 Å². The molecule has 2 rings (SSSR count). The summed E-state index contributed by atoms with van der Waals surface area (Å²) in [5.41, 5.74) is 1.60. The first-order valence-electron chi connectivity index (χ1n) is 7.70. The van der Waals surface area contributed by atoms with Gasteiger partial charge in [-0.3, -0.25) is 4.79 Å². The van der Waals surface area contributed by atoms with Crippen molar-refractivity contribution >= 4 is 5.78 Å². The molecule has 0 atom stereocenters. The lowest BCUT2D eigenvalue weighted by Gasteiger charge is -2.09. The van der Waals surface area contributed by atoms with Gasteiger partial charge in [-0.25, -0.2) is 8.78 Å². The largest absolute Gasteiger partial charge is 0.496 e. The summed E-state index contributed by atoms with van der Waals surface area (Å²) in [5, 5.41) is 0. The molecule has 24 heavy (non-hydrogen) atoms. The molecule has 0 saturated carbocycles. The maximum atomic E-state index is 13.2. The number of carbonyl (C=O) groups is 1. The van der Waals surface area contributed by atoms with E-state index < -0.39 is 0 Å². The normalized spacial score (nSPS) is 10.5. The van der Waals surface area contributed by atoms with Crippen molar-refractivity contribution in [2.75, 3.05) is 14.2 Å². The smallest absolute Gasteiger partial charge is 0.133 e. The molecule has 0 radical (unpaired) electrons. The van der Waals surface area contributed by atoms with Crippen LogP contribution in [-0.2, 0) is 17.6 Å². The molecule has 5 heteroatoms. The molecule has 2 aromatic rings. The molecule has 128 valence electrons. The number of halogens is 2. The van der Waals surface area contributed by atoms with Crippen molar-refractivity contribution in [2.45, 2.75) is 25.7 Å². The molecule has 0 heterocycles. The van der Waals surface area contributed by atoms with Crippen molar-refractivity contribution in [3.05, 3.63) is 59.2 Å². The van der Waals surface area contributed by atoms with Gasteiger partial charge in [-0.05, 0) is 36.1 Å². The van der Waals surface area contributed by atoms with Crippen LogP contribution >= 0.6 is 0 Å². The van der Waals surface area contributed by atoms with Crippen molar-refractivity contribution in [2.24, 2.45) is 0 Å². The Bertz CT molecular complexity index is 654. The Morgan fingerprint density at radius 2 is 1.25 bits per heavy atom. The Morgan fingerprint density at radius 1 is 0.833 bits per heavy atom. The summed E-state index contributed by atoms with van der Waals surface area (Å²) >= 11 is 0. The van der Waals surface area contributed by atoms with E-state index in [-0.39, 0.29) is 17.4 Å². The number of methoxy groups -OCH3 is 2. The van der Waals surface area contributed by atoms with Crippen LogP contribution < -0.4 is 9.47 Å². The van der Waals surface area contributed by atoms with Crippen LogP contribution in [-0.4, -0.2) is 20.0 Å². The second-order valence-corrected chi connectivity index (χ2v) is 5.45. The highest BCUT2D eigenvalue weighted by Gasteiger charge is 2.10. The number of ether oxygens (including phenoxy) is 2. The van der Waals surface area contributed by atoms with Gasteiger partial charge in [0.2, 0.25) is 0 Å². The van der Waals surface area contributed by atoms with Gasteiger partial charge in [0, 0.05) is 25.0 Å². The second kappa shape index (κ2) is 8.43. The number of aryl methyl sites for hydroxylation is 2. The van der Waals surface area contributed by atoms with E-state index in [0.29, 0.717) is 37.2 Å². The zero-order valence-corrected chi connectivity index (χ0v) is 13.8. The number of hydrogen-bond donors (Lipinski definition) is 0. The average molecular weight is 334 g/mol. The maximum Gasteiger partial charge on any atom is 0.133 e. The molecular weight excluding hydrogens is 314 g/mol. The number of ketones is 1. The fourth-order valence-corrected chi connectivity index (χ4v) is 2.52. The molecule has 0 amide bonds. The Kier molecular flexibility index (Phi) is 6.29. The second-order valence-electron chi connectivity index (χ2n) is 5.45. The van der Waals surface area contributed by atoms with Gasteiger partial charge >= 0.3 is 0 Å². The molecule has 3 nitrogen and oxygen atoms in total. The summed E-state index contributed by atoms with van der Waals surface area (Å²) in [6.07, 6.45) is 1.66. The van der Waals surface area contributed by atoms with E-state index in [2.05, 4.69) is 0 Å². The molecule has 0 unspecified atom stereocenters. The fourth-order valence-electron chi connectivity index (χ4n) is 2.52. The molecule has 0 spiro atoms. The van der Waals surface area contributed by atoms with Gasteiger partial charge in [-0.15, -0.1) is 0 Å². The predicted octanol–water partition coefficient (Wildman–Crippen LogP) is 4.12. The molecule has 0 N–H and O–H groups in total. The summed E-state index contributed by atoms with van der Waals surface area (Å²) in [6, 6.07) is 8.58. The minimum atomic E-state index is -0.370. The quantitative estimate of drug-likeness (QED) is 0.728. The lowest BCUT2D eigenvalue weighted by atomic mass is 10.0. The Labute approximate surface area is 140 Å². The molecule has 0 saturated heterocycles. The first-order valence-corrected chi connectivity index (χ1v) is 7.70. The monoisotopic (exact) mass is 334 g/mol. The lowest BCUT2D eigenvalue weighted by molar-refractivity contribution is -0.119. The first kappa shape index (κ1) is 17.9. The van der Waals surface area contributed by atoms with Crippen LogP contribution in [0.1, 0.15) is 24.0 Å². The summed E-state index contributed by atoms with van der Waals surface area (Å²) in [6.45, 7) is 0. The molecule has 0 aromatic heterocycles. The zero-order valence-electron chi connectivity index (χ0n) is 13.8. The summed E-state index contributed by atoms with van der Waals surface area (Å²) in [4.78, 5) is 12.1. The number of Topliss-reactive ketones (excluding diaryl/α,β-unsaturated/α-hetero) is 1. The van der Waals surface area contributed by atoms with E-state index in [9.17, 15) is 13.6 Å². The van der Waals surface area contributed by atoms with Crippen molar-refractivity contribution in [3.63, 3.8) is 0 Å². The van der Waals surface area contributed by atoms with Crippen molar-refractivity contribution in [1.82, 2.24) is 0 Å². The Hall–Kier alpha value is -2.43. The van der Waals surface area contributed by atoms with Gasteiger partial charge in [0.1, 0.15) is 28.9 Å². The molecule has 0 aliphatic carbocycles. The molecule has 0 aliphatic heterocycles. The molecule has 0 fully saturated rings. The van der Waals surface area contributed by atoms with Gasteiger partial charge in [-0.2, -0.15) is 0 Å². The van der Waals surface area contributed by atoms with E-state index >= 15 is 0 Å². The number of rotatable bonds is 8. The van der Waals surface area contributed by atoms with Crippen molar-refractivity contribution in [1.29, 1.82) is 0 Å². The highest BCUT2D eigenvalue weighted by atomic mass is 19.1. The number of benzene rings is 2. The van der Waals surface area contributed by atoms with E-state index in [4.69, 9.17) is 9.47 Å². The van der Waals surface area contributed by atoms with E-state index in [1.165, 1.54) is 38.5 Å². The van der Waals surface area contributed by atoms with Crippen molar-refractivity contribution < 1.29 is 23.0 Å². The zero-order chi connectivity index (χ0) is 17.5. The highest BCUT2D eigenvalue weighted by molar-refractivity contribution is 5.79. The number of carbonyl (C=O) groups excluding carboxylic acids is 1. The summed E-state index contributed by atoms with van der Waals surface area (Å²) < 4.78 is 36.6. The van der Waals surface area contributed by atoms with E-state index in [1.807, 2.05) is 0 Å². The highest BCUT2D eigenvalue weighted by Crippen LogP contribution is 2.23. The van der Waals surface area contributed by atoms with Gasteiger partial charge in [-0.1, -0.05) is 12.1 Å². The van der Waals surface area contributed by atoms with E-state index in [0.717, 1.165) is 11.1 Å². The third kappa shape index (κ3) is 4.78. The Morgan fingerprint density at radius 3 is 1.62 bits per heavy atom. The van der Waals surface area contributed by atoms with Crippen LogP contribution in [0.25, 0.3) is 0 Å². The van der Waals surface area contributed by atoms with Crippen LogP contribution in [0, 0.1) is 11.6 Å². The molecule has 2 aromatic carbocycles. The maximum absolute atomic E-state index is 13.2. The SMILES string of the molecule is COc1cc(F)ccc1CCC(=O)CCc1ccc(F)cc1OC. The van der Waals surface area contributed by atoms with Crippen LogP contribution in [0.4, 0.5) is 8.78 Å². The lowest BCUT2D eigenvalue weighted by Crippen LogP contribution is -2.04. The standard InChI is InChI=1S/C19H20F2O3/c1-23-18-11-15(20)7-3-13(18)5-9-17(22)10-6-14-4-8-16(21)12-19(14)24-2/h3-4,7-8,11-12H,5-6,9-10H2,1-2H3. The summed E-state index contributed by atoms with van der Waals surface area (Å²) in [7, 11) is 2.95. The molecule has 0 aliphatic rings. The minimum Gasteiger partial charge on any atom is -0.496 e. The average Bonchev–Trinajstić information content (AvgIpc) is 2.59. The molecular formula is C19H20F2O3. The van der Waals surface area contributed by atoms with Gasteiger partial charge in [0.05, 0.1) is 14.2 Å². The summed E-state index contributed by atoms with van der Waals surface area (Å²) in [5.74, 6) is 0.231. The predicted molar refractivity (Wildman–Crippen MR) is 87.6 cm³/mol. The Balaban J connectivity index is 1.90. The van der Waals surface area contributed by atoms with Crippen LogP contribution in [0.15, 0.2) is 36.4 Å². The van der Waals surface area contributed by atoms with Gasteiger partial charge in [0.25, 0.3) is 0 Å². The number of hydrogen-bond acceptors (Lipinski definition) is 3. The fraction of sp³-hybridized carbons (Fsp3) is 0.316. The third-order valence-electron chi connectivity index (χ3n) is 3.84. The van der Waals surface area contributed by atoms with E-state index in [1.54, 1.807) is 12.1 Å². The van der Waals surface area contributed by atoms with Crippen molar-refractivity contribution in [3.8, 4) is 11.5 Å². The van der Waals surface area contributed by atoms with Gasteiger partial charge in [0.15, 0.2) is 0 Å². The first-order chi connectivity index (χ1) is 11.5.